The smallest absolute Gasteiger partial charge is 0.257 e. The minimum Gasteiger partial charge on any atom is -0.508 e. The summed E-state index contributed by atoms with van der Waals surface area (Å²) in [6.45, 7) is 3.78. The molecule has 3 aromatic carbocycles. The predicted octanol–water partition coefficient (Wildman–Crippen LogP) is 6.74. The number of rotatable bonds is 3. The zero-order chi connectivity index (χ0) is 35.0. The molecule has 50 heavy (non-hydrogen) atoms. The van der Waals surface area contributed by atoms with Crippen molar-refractivity contribution in [2.75, 3.05) is 4.90 Å². The number of hydrogen-bond acceptors (Lipinski definition) is 8. The van der Waals surface area contributed by atoms with E-state index in [1.807, 2.05) is 55.5 Å². The molecule has 0 radical (unpaired) electrons. The molecule has 6 atom stereocenters. The fraction of sp³-hybridized carbons (Fsp3) is 0.289. The number of fused-ring (bicyclic) bond motifs is 6. The lowest BCUT2D eigenvalue weighted by Gasteiger charge is -2.49. The number of aromatic hydroxyl groups is 1. The summed E-state index contributed by atoms with van der Waals surface area (Å²) in [7, 11) is 1.70. The maximum absolute atomic E-state index is 15.1. The molecule has 10 nitrogen and oxygen atoms in total. The maximum atomic E-state index is 15.1. The van der Waals surface area contributed by atoms with E-state index < -0.39 is 58.6 Å². The van der Waals surface area contributed by atoms with Crippen LogP contribution in [-0.4, -0.2) is 48.8 Å². The summed E-state index contributed by atoms with van der Waals surface area (Å²) in [6, 6.07) is 18.4. The van der Waals surface area contributed by atoms with Gasteiger partial charge in [-0.25, -0.2) is 4.90 Å². The van der Waals surface area contributed by atoms with Crippen LogP contribution in [0.2, 0.25) is 5.02 Å². The number of anilines is 1. The largest absolute Gasteiger partial charge is 0.508 e. The fourth-order valence-electron chi connectivity index (χ4n) is 9.33. The Morgan fingerprint density at radius 1 is 0.960 bits per heavy atom. The van der Waals surface area contributed by atoms with E-state index in [0.29, 0.717) is 22.1 Å². The van der Waals surface area contributed by atoms with Crippen LogP contribution in [0.3, 0.4) is 0 Å². The molecule has 0 bridgehead atoms. The van der Waals surface area contributed by atoms with Gasteiger partial charge in [0.05, 0.1) is 28.0 Å². The van der Waals surface area contributed by atoms with Crippen molar-refractivity contribution in [1.82, 2.24) is 14.8 Å². The van der Waals surface area contributed by atoms with Crippen molar-refractivity contribution in [1.29, 1.82) is 0 Å². The number of imide groups is 2. The number of allylic oxidation sites excluding steroid dienone is 2. The molecule has 2 N–H and O–H groups in total. The second-order valence-electron chi connectivity index (χ2n) is 14.1. The molecule has 0 unspecified atom stereocenters. The number of carbonyl (C=O) groups is 4. The Morgan fingerprint density at radius 2 is 1.74 bits per heavy atom. The lowest BCUT2D eigenvalue weighted by Crippen LogP contribution is -2.49. The van der Waals surface area contributed by atoms with E-state index in [4.69, 9.17) is 16.7 Å². The second-order valence-corrected chi connectivity index (χ2v) is 15.6. The van der Waals surface area contributed by atoms with Crippen molar-refractivity contribution in [3.05, 3.63) is 88.5 Å². The Bertz CT molecular complexity index is 2410. The molecule has 9 rings (SSSR count). The average molecular weight is 707 g/mol. The van der Waals surface area contributed by atoms with Gasteiger partial charge in [0.1, 0.15) is 17.3 Å². The van der Waals surface area contributed by atoms with Crippen LogP contribution < -0.4 is 4.90 Å². The van der Waals surface area contributed by atoms with Crippen molar-refractivity contribution < 1.29 is 29.5 Å². The molecular formula is C38H31ClN4O6S. The molecule has 2 aromatic heterocycles. The summed E-state index contributed by atoms with van der Waals surface area (Å²) >= 11 is 7.85. The van der Waals surface area contributed by atoms with E-state index in [9.17, 15) is 24.7 Å². The number of hydroxylamine groups is 2. The number of aromatic nitrogens is 2. The Balaban J connectivity index is 1.22. The average Bonchev–Trinajstić information content (AvgIpc) is 3.76. The molecule has 4 amide bonds. The van der Waals surface area contributed by atoms with Crippen LogP contribution in [0.5, 0.6) is 5.75 Å². The number of phenolic OH excluding ortho intramolecular Hbond substituents is 1. The molecule has 252 valence electrons. The molecule has 4 aliphatic rings. The third-order valence-electron chi connectivity index (χ3n) is 11.7. The van der Waals surface area contributed by atoms with Crippen molar-refractivity contribution in [2.24, 2.45) is 36.1 Å². The van der Waals surface area contributed by atoms with Crippen LogP contribution in [0.15, 0.2) is 72.3 Å². The third kappa shape index (κ3) is 3.96. The summed E-state index contributed by atoms with van der Waals surface area (Å²) in [5.41, 5.74) is 1.45. The van der Waals surface area contributed by atoms with E-state index in [-0.39, 0.29) is 23.7 Å². The molecule has 5 aromatic rings. The Kier molecular flexibility index (Phi) is 6.60. The van der Waals surface area contributed by atoms with Crippen LogP contribution in [0, 0.1) is 36.0 Å². The number of aryl methyl sites for hydroxylation is 2. The first kappa shape index (κ1) is 31.2. The minimum atomic E-state index is -1.37. The topological polar surface area (TPSA) is 133 Å². The number of thiophene rings is 1. The van der Waals surface area contributed by atoms with E-state index in [1.165, 1.54) is 9.58 Å². The first-order valence-corrected chi connectivity index (χ1v) is 17.7. The summed E-state index contributed by atoms with van der Waals surface area (Å²) < 4.78 is 2.58. The van der Waals surface area contributed by atoms with Gasteiger partial charge in [0.25, 0.3) is 11.8 Å². The fourth-order valence-corrected chi connectivity index (χ4v) is 10.6. The van der Waals surface area contributed by atoms with Crippen molar-refractivity contribution in [3.8, 4) is 16.3 Å². The minimum absolute atomic E-state index is 0.0307. The highest BCUT2D eigenvalue weighted by Gasteiger charge is 2.68. The lowest BCUT2D eigenvalue weighted by molar-refractivity contribution is -0.173. The number of hydrogen-bond donors (Lipinski definition) is 2. The van der Waals surface area contributed by atoms with Crippen molar-refractivity contribution >= 4 is 73.2 Å². The third-order valence-corrected chi connectivity index (χ3v) is 13.2. The van der Waals surface area contributed by atoms with Crippen LogP contribution >= 0.6 is 22.9 Å². The SMILES string of the molecule is Cc1c(-c2cc(N3C(=O)[C@@H]4C[C@@H]5C(=CC[C@@H]6C(=O)N(O)C(=O)[C@@H]65)[C@H](c5c(O)ccc6ccccc56)[C@]4(C)C3=O)n(C)n2)sc2ccc(Cl)cc12. The zero-order valence-electron chi connectivity index (χ0n) is 27.3. The Hall–Kier alpha value is -4.84. The van der Waals surface area contributed by atoms with Gasteiger partial charge in [-0.1, -0.05) is 53.6 Å². The van der Waals surface area contributed by atoms with Gasteiger partial charge in [-0.05, 0) is 78.6 Å². The van der Waals surface area contributed by atoms with E-state index in [0.717, 1.165) is 36.9 Å². The summed E-state index contributed by atoms with van der Waals surface area (Å²) in [4.78, 5) is 58.3. The highest BCUT2D eigenvalue weighted by atomic mass is 35.5. The van der Waals surface area contributed by atoms with Gasteiger partial charge in [-0.3, -0.25) is 29.1 Å². The maximum Gasteiger partial charge on any atom is 0.257 e. The number of benzene rings is 3. The van der Waals surface area contributed by atoms with Crippen LogP contribution in [0.4, 0.5) is 5.82 Å². The Morgan fingerprint density at radius 3 is 2.54 bits per heavy atom. The number of phenols is 1. The number of nitrogens with zero attached hydrogens (tertiary/aromatic N) is 4. The summed E-state index contributed by atoms with van der Waals surface area (Å²) in [5.74, 6) is -5.93. The monoisotopic (exact) mass is 706 g/mol. The Labute approximate surface area is 295 Å². The zero-order valence-corrected chi connectivity index (χ0v) is 28.8. The van der Waals surface area contributed by atoms with E-state index in [2.05, 4.69) is 0 Å². The highest BCUT2D eigenvalue weighted by molar-refractivity contribution is 7.22. The van der Waals surface area contributed by atoms with Crippen molar-refractivity contribution in [2.45, 2.75) is 32.6 Å². The van der Waals surface area contributed by atoms with Crippen LogP contribution in [0.25, 0.3) is 31.4 Å². The van der Waals surface area contributed by atoms with E-state index in [1.54, 1.807) is 43.5 Å². The van der Waals surface area contributed by atoms with E-state index >= 15 is 4.79 Å². The molecule has 4 heterocycles. The number of halogens is 1. The normalized spacial score (nSPS) is 27.7. The first-order valence-electron chi connectivity index (χ1n) is 16.5. The van der Waals surface area contributed by atoms with Crippen LogP contribution in [0.1, 0.15) is 36.8 Å². The van der Waals surface area contributed by atoms with Gasteiger partial charge in [-0.2, -0.15) is 10.2 Å². The first-order chi connectivity index (χ1) is 23.9. The lowest BCUT2D eigenvalue weighted by atomic mass is 9.51. The molecule has 12 heteroatoms. The quantitative estimate of drug-likeness (QED) is 0.121. The van der Waals surface area contributed by atoms with Gasteiger partial charge in [0.15, 0.2) is 0 Å². The number of amides is 4. The van der Waals surface area contributed by atoms with Gasteiger partial charge < -0.3 is 5.11 Å². The highest BCUT2D eigenvalue weighted by Crippen LogP contribution is 2.65. The standard InChI is InChI=1S/C38H31ClN4O6S/c1-17-23-14-19(39)9-13-28(23)50-33(17)26-16-29(41(3)40-26)42-35(46)25-15-24-21(10-11-22-30(24)36(47)43(49)34(22)45)32(38(25,2)37(42)48)31-20-7-5-4-6-18(20)8-12-27(31)44/h4-10,12-14,16,22,24-25,30,32,44,49H,11,15H2,1-3H3/t22-,24+,25-,30-,32+,38+/m0/s1. The molecular weight excluding hydrogens is 676 g/mol. The predicted molar refractivity (Wildman–Crippen MR) is 188 cm³/mol. The summed E-state index contributed by atoms with van der Waals surface area (Å²) in [6.07, 6.45) is 2.21. The molecule has 2 aliphatic carbocycles. The number of carbonyl (C=O) groups excluding carboxylic acids is 4. The molecule has 2 aliphatic heterocycles. The summed E-state index contributed by atoms with van der Waals surface area (Å²) in [5, 5.41) is 30.2. The van der Waals surface area contributed by atoms with Gasteiger partial charge in [0.2, 0.25) is 11.8 Å². The van der Waals surface area contributed by atoms with Crippen LogP contribution in [-0.2, 0) is 26.2 Å². The van der Waals surface area contributed by atoms with Gasteiger partial charge in [-0.15, -0.1) is 11.3 Å². The molecule has 3 fully saturated rings. The molecule has 2 saturated heterocycles. The second kappa shape index (κ2) is 10.6. The van der Waals surface area contributed by atoms with Crippen molar-refractivity contribution in [3.63, 3.8) is 0 Å². The van der Waals surface area contributed by atoms with Gasteiger partial charge in [0, 0.05) is 34.3 Å². The van der Waals surface area contributed by atoms with Gasteiger partial charge >= 0.3 is 0 Å². The molecule has 0 spiro atoms. The molecule has 1 saturated carbocycles.